The third-order valence-corrected chi connectivity index (χ3v) is 5.86. The predicted molar refractivity (Wildman–Crippen MR) is 136 cm³/mol. The van der Waals surface area contributed by atoms with E-state index in [0.717, 1.165) is 22.8 Å². The third kappa shape index (κ3) is 6.95. The molecule has 0 spiro atoms. The first-order valence-corrected chi connectivity index (χ1v) is 11.4. The number of hydrogen-bond donors (Lipinski definition) is 2. The van der Waals surface area contributed by atoms with Crippen LogP contribution in [-0.2, 0) is 17.9 Å². The molecule has 9 heteroatoms. The van der Waals surface area contributed by atoms with Gasteiger partial charge in [-0.05, 0) is 36.8 Å². The summed E-state index contributed by atoms with van der Waals surface area (Å²) in [5, 5.41) is 16.3. The van der Waals surface area contributed by atoms with Gasteiger partial charge in [-0.1, -0.05) is 48.2 Å². The number of carbonyl (C=O) groups excluding carboxylic acids is 1. The fraction of sp³-hybridized carbons (Fsp3) is 0.250. The van der Waals surface area contributed by atoms with Crippen molar-refractivity contribution in [3.8, 4) is 0 Å². The van der Waals surface area contributed by atoms with Crippen molar-refractivity contribution in [3.05, 3.63) is 78.6 Å². The van der Waals surface area contributed by atoms with E-state index in [9.17, 15) is 4.79 Å². The van der Waals surface area contributed by atoms with Crippen molar-refractivity contribution >= 4 is 35.3 Å². The summed E-state index contributed by atoms with van der Waals surface area (Å²) in [4.78, 5) is 14.5. The number of hydrogen-bond acceptors (Lipinski definition) is 7. The first kappa shape index (κ1) is 24.1. The van der Waals surface area contributed by atoms with Crippen LogP contribution < -0.4 is 15.6 Å². The molecule has 0 saturated heterocycles. The molecule has 1 heterocycles. The molecule has 0 aliphatic rings. The molecule has 0 saturated carbocycles. The van der Waals surface area contributed by atoms with Crippen molar-refractivity contribution in [1.29, 1.82) is 0 Å². The molecule has 1 atom stereocenters. The van der Waals surface area contributed by atoms with Gasteiger partial charge in [0.1, 0.15) is 0 Å². The number of benzene rings is 2. The molecule has 0 radical (unpaired) electrons. The number of rotatable bonds is 11. The lowest BCUT2D eigenvalue weighted by atomic mass is 10.2. The number of nitrogens with zero attached hydrogens (tertiary/aromatic N) is 5. The van der Waals surface area contributed by atoms with Gasteiger partial charge in [-0.3, -0.25) is 4.79 Å². The Morgan fingerprint density at radius 2 is 1.91 bits per heavy atom. The van der Waals surface area contributed by atoms with Crippen molar-refractivity contribution in [3.63, 3.8) is 0 Å². The van der Waals surface area contributed by atoms with E-state index in [0.29, 0.717) is 18.2 Å². The molecule has 1 amide bonds. The van der Waals surface area contributed by atoms with Gasteiger partial charge in [0.2, 0.25) is 0 Å². The van der Waals surface area contributed by atoms with E-state index in [1.54, 1.807) is 12.3 Å². The molecule has 33 heavy (non-hydrogen) atoms. The van der Waals surface area contributed by atoms with E-state index in [2.05, 4.69) is 32.6 Å². The maximum atomic E-state index is 12.5. The van der Waals surface area contributed by atoms with Crippen LogP contribution in [0.3, 0.4) is 0 Å². The number of hydrazone groups is 1. The summed E-state index contributed by atoms with van der Waals surface area (Å²) < 4.78 is 1.95. The fourth-order valence-corrected chi connectivity index (χ4v) is 3.79. The molecule has 2 aromatic carbocycles. The lowest BCUT2D eigenvalue weighted by molar-refractivity contribution is -0.120. The van der Waals surface area contributed by atoms with Crippen LogP contribution in [-0.4, -0.2) is 46.2 Å². The standard InChI is InChI=1S/C24H29N7OS/c1-5-15-31-22(17-25-20-9-7-6-8-10-20)27-29-24(31)33-18(2)23(32)28-26-16-19-11-13-21(14-12-19)30(3)4/h5-14,16,18,25H,1,15,17H2,2-4H3,(H,28,32). The summed E-state index contributed by atoms with van der Waals surface area (Å²) in [5.74, 6) is 0.561. The first-order chi connectivity index (χ1) is 16.0. The summed E-state index contributed by atoms with van der Waals surface area (Å²) in [6, 6.07) is 17.8. The van der Waals surface area contributed by atoms with Gasteiger partial charge in [-0.25, -0.2) is 5.43 Å². The molecule has 1 aromatic heterocycles. The highest BCUT2D eigenvalue weighted by molar-refractivity contribution is 8.00. The molecule has 0 aliphatic heterocycles. The van der Waals surface area contributed by atoms with E-state index in [4.69, 9.17) is 0 Å². The number of para-hydroxylation sites is 1. The Bertz CT molecular complexity index is 1080. The van der Waals surface area contributed by atoms with Gasteiger partial charge in [-0.15, -0.1) is 16.8 Å². The van der Waals surface area contributed by atoms with Crippen LogP contribution in [0.5, 0.6) is 0 Å². The topological polar surface area (TPSA) is 87.4 Å². The summed E-state index contributed by atoms with van der Waals surface area (Å²) in [5.41, 5.74) is 5.61. The minimum Gasteiger partial charge on any atom is -0.378 e. The smallest absolute Gasteiger partial charge is 0.253 e. The van der Waals surface area contributed by atoms with Gasteiger partial charge in [0.05, 0.1) is 18.0 Å². The van der Waals surface area contributed by atoms with E-state index in [-0.39, 0.29) is 5.91 Å². The molecular formula is C24H29N7OS. The van der Waals surface area contributed by atoms with Crippen molar-refractivity contribution in [2.75, 3.05) is 24.3 Å². The molecule has 2 N–H and O–H groups in total. The van der Waals surface area contributed by atoms with Crippen LogP contribution in [0.1, 0.15) is 18.3 Å². The quantitative estimate of drug-likeness (QED) is 0.195. The normalized spacial score (nSPS) is 11.8. The van der Waals surface area contributed by atoms with E-state index < -0.39 is 5.25 Å². The number of carbonyl (C=O) groups is 1. The van der Waals surface area contributed by atoms with Crippen LogP contribution in [0.4, 0.5) is 11.4 Å². The molecule has 0 aliphatic carbocycles. The summed E-state index contributed by atoms with van der Waals surface area (Å²) in [7, 11) is 3.97. The van der Waals surface area contributed by atoms with Crippen LogP contribution in [0, 0.1) is 0 Å². The monoisotopic (exact) mass is 463 g/mol. The summed E-state index contributed by atoms with van der Waals surface area (Å²) in [6.45, 7) is 6.71. The Hall–Kier alpha value is -3.59. The highest BCUT2D eigenvalue weighted by atomic mass is 32.2. The molecule has 1 unspecified atom stereocenters. The second-order valence-electron chi connectivity index (χ2n) is 7.50. The van der Waals surface area contributed by atoms with Crippen molar-refractivity contribution in [1.82, 2.24) is 20.2 Å². The van der Waals surface area contributed by atoms with Gasteiger partial charge in [-0.2, -0.15) is 5.10 Å². The average molecular weight is 464 g/mol. The zero-order valence-electron chi connectivity index (χ0n) is 19.1. The van der Waals surface area contributed by atoms with Crippen LogP contribution in [0.15, 0.2) is 77.5 Å². The highest BCUT2D eigenvalue weighted by Crippen LogP contribution is 2.23. The molecule has 8 nitrogen and oxygen atoms in total. The van der Waals surface area contributed by atoms with Crippen molar-refractivity contribution in [2.45, 2.75) is 30.4 Å². The van der Waals surface area contributed by atoms with Gasteiger partial charge in [0.15, 0.2) is 11.0 Å². The Morgan fingerprint density at radius 3 is 2.58 bits per heavy atom. The van der Waals surface area contributed by atoms with E-state index in [1.807, 2.05) is 85.1 Å². The maximum absolute atomic E-state index is 12.5. The number of amides is 1. The van der Waals surface area contributed by atoms with Crippen molar-refractivity contribution < 1.29 is 4.79 Å². The van der Waals surface area contributed by atoms with Gasteiger partial charge in [0, 0.05) is 32.0 Å². The van der Waals surface area contributed by atoms with Gasteiger partial charge < -0.3 is 14.8 Å². The average Bonchev–Trinajstić information content (AvgIpc) is 3.20. The minimum atomic E-state index is -0.402. The summed E-state index contributed by atoms with van der Waals surface area (Å²) in [6.07, 6.45) is 3.42. The fourth-order valence-electron chi connectivity index (χ4n) is 2.92. The molecule has 3 rings (SSSR count). The maximum Gasteiger partial charge on any atom is 0.253 e. The molecule has 0 fully saturated rings. The largest absolute Gasteiger partial charge is 0.378 e. The number of anilines is 2. The highest BCUT2D eigenvalue weighted by Gasteiger charge is 2.19. The number of nitrogens with one attached hydrogen (secondary N) is 2. The van der Waals surface area contributed by atoms with E-state index in [1.165, 1.54) is 11.8 Å². The Labute approximate surface area is 198 Å². The minimum absolute atomic E-state index is 0.210. The molecule has 0 bridgehead atoms. The van der Waals surface area contributed by atoms with Crippen LogP contribution in [0.25, 0.3) is 0 Å². The first-order valence-electron chi connectivity index (χ1n) is 10.6. The van der Waals surface area contributed by atoms with Crippen LogP contribution in [0.2, 0.25) is 0 Å². The zero-order valence-corrected chi connectivity index (χ0v) is 19.9. The van der Waals surface area contributed by atoms with Crippen LogP contribution >= 0.6 is 11.8 Å². The lowest BCUT2D eigenvalue weighted by Crippen LogP contribution is -2.27. The lowest BCUT2D eigenvalue weighted by Gasteiger charge is -2.12. The Balaban J connectivity index is 1.57. The molecular weight excluding hydrogens is 434 g/mol. The third-order valence-electron chi connectivity index (χ3n) is 4.78. The number of allylic oxidation sites excluding steroid dienone is 1. The second-order valence-corrected chi connectivity index (χ2v) is 8.81. The van der Waals surface area contributed by atoms with E-state index >= 15 is 0 Å². The predicted octanol–water partition coefficient (Wildman–Crippen LogP) is 3.77. The number of aromatic nitrogens is 3. The molecule has 3 aromatic rings. The zero-order chi connectivity index (χ0) is 23.6. The second kappa shape index (κ2) is 11.9. The SMILES string of the molecule is C=CCn1c(CNc2ccccc2)nnc1SC(C)C(=O)NN=Cc1ccc(N(C)C)cc1. The molecule has 172 valence electrons. The van der Waals surface area contributed by atoms with Gasteiger partial charge in [0.25, 0.3) is 5.91 Å². The summed E-state index contributed by atoms with van der Waals surface area (Å²) >= 11 is 1.33. The Kier molecular flexibility index (Phi) is 8.65. The van der Waals surface area contributed by atoms with Crippen molar-refractivity contribution in [2.24, 2.45) is 5.10 Å². The number of thioether (sulfide) groups is 1. The Morgan fingerprint density at radius 1 is 1.18 bits per heavy atom. The van der Waals surface area contributed by atoms with Gasteiger partial charge >= 0.3 is 0 Å².